The van der Waals surface area contributed by atoms with Crippen LogP contribution in [0.4, 0.5) is 18.9 Å². The van der Waals surface area contributed by atoms with Crippen molar-refractivity contribution in [2.45, 2.75) is 6.18 Å². The highest BCUT2D eigenvalue weighted by molar-refractivity contribution is 5.84. The fraction of sp³-hybridized carbons (Fsp3) is 0.417. The highest BCUT2D eigenvalue weighted by Gasteiger charge is 2.37. The van der Waals surface area contributed by atoms with Gasteiger partial charge in [0.05, 0.1) is 5.39 Å². The van der Waals surface area contributed by atoms with Gasteiger partial charge in [-0.2, -0.15) is 13.2 Å². The third-order valence-corrected chi connectivity index (χ3v) is 3.20. The van der Waals surface area contributed by atoms with E-state index in [2.05, 4.69) is 10.5 Å². The Bertz CT molecular complexity index is 587. The molecule has 1 N–H and O–H groups in total. The standard InChI is InChI=1S/C12H12F3N3O/c13-12(14,15)11-9-7-8(1-2-10(9)19-17-11)18-5-3-16-4-6-18/h1-2,7,16H,3-6H2. The fourth-order valence-corrected chi connectivity index (χ4v) is 2.25. The van der Waals surface area contributed by atoms with Crippen molar-refractivity contribution in [1.82, 2.24) is 10.5 Å². The van der Waals surface area contributed by atoms with Gasteiger partial charge >= 0.3 is 6.18 Å². The molecule has 1 aliphatic heterocycles. The second-order valence-electron chi connectivity index (χ2n) is 4.45. The summed E-state index contributed by atoms with van der Waals surface area (Å²) in [6, 6.07) is 4.80. The lowest BCUT2D eigenvalue weighted by Gasteiger charge is -2.29. The first-order chi connectivity index (χ1) is 9.05. The zero-order valence-electron chi connectivity index (χ0n) is 10.00. The number of nitrogens with one attached hydrogen (secondary N) is 1. The van der Waals surface area contributed by atoms with Crippen LogP contribution in [-0.2, 0) is 6.18 Å². The Morgan fingerprint density at radius 2 is 1.95 bits per heavy atom. The van der Waals surface area contributed by atoms with E-state index < -0.39 is 11.9 Å². The Balaban J connectivity index is 2.03. The van der Waals surface area contributed by atoms with E-state index in [1.165, 1.54) is 12.1 Å². The van der Waals surface area contributed by atoms with Crippen molar-refractivity contribution in [1.29, 1.82) is 0 Å². The molecular weight excluding hydrogens is 259 g/mol. The van der Waals surface area contributed by atoms with E-state index in [0.29, 0.717) is 0 Å². The zero-order valence-corrected chi connectivity index (χ0v) is 10.00. The Labute approximate surface area is 107 Å². The van der Waals surface area contributed by atoms with Gasteiger partial charge in [0, 0.05) is 31.9 Å². The molecule has 0 saturated carbocycles. The van der Waals surface area contributed by atoms with Crippen molar-refractivity contribution in [3.05, 3.63) is 23.9 Å². The van der Waals surface area contributed by atoms with Crippen LogP contribution in [0.1, 0.15) is 5.69 Å². The first kappa shape index (κ1) is 12.3. The normalized spacial score (nSPS) is 17.1. The number of nitrogens with zero attached hydrogens (tertiary/aromatic N) is 2. The topological polar surface area (TPSA) is 41.3 Å². The van der Waals surface area contributed by atoms with Gasteiger partial charge in [-0.05, 0) is 18.2 Å². The average molecular weight is 271 g/mol. The van der Waals surface area contributed by atoms with E-state index in [9.17, 15) is 13.2 Å². The Morgan fingerprint density at radius 3 is 2.63 bits per heavy atom. The summed E-state index contributed by atoms with van der Waals surface area (Å²) in [5, 5.41) is 6.34. The Kier molecular flexibility index (Phi) is 2.85. The second-order valence-corrected chi connectivity index (χ2v) is 4.45. The molecule has 4 nitrogen and oxygen atoms in total. The molecule has 1 aromatic carbocycles. The summed E-state index contributed by atoms with van der Waals surface area (Å²) in [7, 11) is 0. The van der Waals surface area contributed by atoms with E-state index in [1.54, 1.807) is 6.07 Å². The van der Waals surface area contributed by atoms with Gasteiger partial charge in [0.2, 0.25) is 0 Å². The molecule has 2 aromatic rings. The number of halogens is 3. The molecule has 0 spiro atoms. The predicted molar refractivity (Wildman–Crippen MR) is 64.1 cm³/mol. The maximum absolute atomic E-state index is 12.8. The van der Waals surface area contributed by atoms with Crippen LogP contribution < -0.4 is 10.2 Å². The number of hydrogen-bond donors (Lipinski definition) is 1. The minimum atomic E-state index is -4.49. The van der Waals surface area contributed by atoms with E-state index in [-0.39, 0.29) is 11.0 Å². The third kappa shape index (κ3) is 2.25. The molecule has 19 heavy (non-hydrogen) atoms. The zero-order chi connectivity index (χ0) is 13.5. The van der Waals surface area contributed by atoms with E-state index in [4.69, 9.17) is 4.52 Å². The Hall–Kier alpha value is -1.76. The monoisotopic (exact) mass is 271 g/mol. The van der Waals surface area contributed by atoms with Crippen LogP contribution in [-0.4, -0.2) is 31.3 Å². The predicted octanol–water partition coefficient (Wildman–Crippen LogP) is 2.26. The van der Waals surface area contributed by atoms with Gasteiger partial charge in [-0.1, -0.05) is 5.16 Å². The van der Waals surface area contributed by atoms with Gasteiger partial charge in [0.15, 0.2) is 11.3 Å². The maximum atomic E-state index is 12.8. The molecule has 7 heteroatoms. The number of hydrogen-bond acceptors (Lipinski definition) is 4. The highest BCUT2D eigenvalue weighted by atomic mass is 19.4. The molecule has 0 radical (unpaired) electrons. The summed E-state index contributed by atoms with van der Waals surface area (Å²) in [4.78, 5) is 2.04. The largest absolute Gasteiger partial charge is 0.437 e. The maximum Gasteiger partial charge on any atom is 0.437 e. The number of piperazine rings is 1. The van der Waals surface area contributed by atoms with Crippen LogP contribution >= 0.6 is 0 Å². The summed E-state index contributed by atoms with van der Waals surface area (Å²) >= 11 is 0. The lowest BCUT2D eigenvalue weighted by atomic mass is 10.1. The quantitative estimate of drug-likeness (QED) is 0.863. The van der Waals surface area contributed by atoms with Crippen LogP contribution in [0, 0.1) is 0 Å². The molecule has 1 saturated heterocycles. The molecule has 0 aliphatic carbocycles. The van der Waals surface area contributed by atoms with Crippen LogP contribution in [0.25, 0.3) is 11.0 Å². The number of anilines is 1. The lowest BCUT2D eigenvalue weighted by molar-refractivity contribution is -0.141. The summed E-state index contributed by atoms with van der Waals surface area (Å²) in [6.07, 6.45) is -4.49. The summed E-state index contributed by atoms with van der Waals surface area (Å²) in [5.74, 6) is 0. The van der Waals surface area contributed by atoms with Crippen LogP contribution in [0.2, 0.25) is 0 Å². The molecular formula is C12H12F3N3O. The minimum absolute atomic E-state index is 0.0172. The lowest BCUT2D eigenvalue weighted by Crippen LogP contribution is -2.43. The van der Waals surface area contributed by atoms with Crippen molar-refractivity contribution in [3.63, 3.8) is 0 Å². The number of fused-ring (bicyclic) bond motifs is 1. The molecule has 0 unspecified atom stereocenters. The number of aromatic nitrogens is 1. The van der Waals surface area contributed by atoms with Gasteiger partial charge in [0.25, 0.3) is 0 Å². The van der Waals surface area contributed by atoms with Gasteiger partial charge in [-0.15, -0.1) is 0 Å². The summed E-state index contributed by atoms with van der Waals surface area (Å²) in [5.41, 5.74) is -0.0339. The molecule has 0 atom stereocenters. The van der Waals surface area contributed by atoms with Gasteiger partial charge in [-0.3, -0.25) is 0 Å². The van der Waals surface area contributed by atoms with Crippen molar-refractivity contribution in [2.75, 3.05) is 31.1 Å². The van der Waals surface area contributed by atoms with Crippen LogP contribution in [0.5, 0.6) is 0 Å². The van der Waals surface area contributed by atoms with E-state index in [1.807, 2.05) is 4.90 Å². The molecule has 1 aromatic heterocycles. The molecule has 1 aliphatic rings. The Morgan fingerprint density at radius 1 is 1.21 bits per heavy atom. The highest BCUT2D eigenvalue weighted by Crippen LogP contribution is 2.35. The van der Waals surface area contributed by atoms with Gasteiger partial charge < -0.3 is 14.7 Å². The summed E-state index contributed by atoms with van der Waals surface area (Å²) < 4.78 is 43.1. The first-order valence-corrected chi connectivity index (χ1v) is 5.98. The van der Waals surface area contributed by atoms with Gasteiger partial charge in [0.1, 0.15) is 0 Å². The smallest absolute Gasteiger partial charge is 0.369 e. The molecule has 2 heterocycles. The van der Waals surface area contributed by atoms with Crippen LogP contribution in [0.15, 0.2) is 22.7 Å². The van der Waals surface area contributed by atoms with E-state index >= 15 is 0 Å². The van der Waals surface area contributed by atoms with Crippen molar-refractivity contribution in [3.8, 4) is 0 Å². The summed E-state index contributed by atoms with van der Waals surface area (Å²) in [6.45, 7) is 3.21. The number of benzene rings is 1. The number of rotatable bonds is 1. The van der Waals surface area contributed by atoms with Crippen molar-refractivity contribution >= 4 is 16.7 Å². The third-order valence-electron chi connectivity index (χ3n) is 3.20. The first-order valence-electron chi connectivity index (χ1n) is 5.98. The van der Waals surface area contributed by atoms with Gasteiger partial charge in [-0.25, -0.2) is 0 Å². The molecule has 0 amide bonds. The average Bonchev–Trinajstić information content (AvgIpc) is 2.82. The van der Waals surface area contributed by atoms with Crippen molar-refractivity contribution in [2.24, 2.45) is 0 Å². The molecule has 102 valence electrons. The van der Waals surface area contributed by atoms with E-state index in [0.717, 1.165) is 31.9 Å². The fourth-order valence-electron chi connectivity index (χ4n) is 2.25. The molecule has 1 fully saturated rings. The van der Waals surface area contributed by atoms with Crippen LogP contribution in [0.3, 0.4) is 0 Å². The second kappa shape index (κ2) is 4.41. The minimum Gasteiger partial charge on any atom is -0.369 e. The molecule has 0 bridgehead atoms. The van der Waals surface area contributed by atoms with Crippen molar-refractivity contribution < 1.29 is 17.7 Å². The molecule has 3 rings (SSSR count). The SMILES string of the molecule is FC(F)(F)c1noc2ccc(N3CCNCC3)cc12. The number of alkyl halides is 3.